The van der Waals surface area contributed by atoms with Gasteiger partial charge < -0.3 is 18.9 Å². The van der Waals surface area contributed by atoms with Crippen molar-refractivity contribution in [1.29, 1.82) is 0 Å². The SMILES string of the molecule is C=C1C(=O)O[C@H]2C[C@]3(CO3)[C@@H]3C[C@@H](OC(=O)C(C)C)C(=C)[C@]3(OC(=O)NC(=O)C(Cl)(Cl)Cl)C[C@H]12. The van der Waals surface area contributed by atoms with Crippen molar-refractivity contribution in [3.8, 4) is 0 Å². The monoisotopic (exact) mass is 535 g/mol. The summed E-state index contributed by atoms with van der Waals surface area (Å²) < 4.78 is 20.5. The van der Waals surface area contributed by atoms with Gasteiger partial charge in [-0.1, -0.05) is 61.8 Å². The van der Waals surface area contributed by atoms with Crippen LogP contribution in [0.4, 0.5) is 4.79 Å². The lowest BCUT2D eigenvalue weighted by atomic mass is 9.76. The minimum atomic E-state index is -2.40. The summed E-state index contributed by atoms with van der Waals surface area (Å²) in [5.74, 6) is -3.58. The summed E-state index contributed by atoms with van der Waals surface area (Å²) in [4.78, 5) is 49.5. The number of hydrogen-bond acceptors (Lipinski definition) is 8. The Kier molecular flexibility index (Phi) is 6.24. The summed E-state index contributed by atoms with van der Waals surface area (Å²) in [6.45, 7) is 11.7. The maximum atomic E-state index is 12.8. The molecule has 1 N–H and O–H groups in total. The van der Waals surface area contributed by atoms with Gasteiger partial charge in [0, 0.05) is 35.8 Å². The molecular weight excluding hydrogens is 513 g/mol. The Hall–Kier alpha value is -1.81. The summed E-state index contributed by atoms with van der Waals surface area (Å²) in [6, 6.07) is 0. The van der Waals surface area contributed by atoms with Crippen LogP contribution in [0.3, 0.4) is 0 Å². The zero-order valence-corrected chi connectivity index (χ0v) is 20.8. The standard InChI is InChI=1S/C22H24Cl3NO8/c1-9(2)16(27)32-13-5-15-20(8-31-20)7-14-12(10(3)17(28)33-14)6-21(15,11(13)4)34-19(30)26-18(29)22(23,24)25/h9,12-15H,3-8H2,1-2H3,(H,26,29,30)/t12-,13-,14+,15+,20+,21-/m1/s1. The second-order valence-corrected chi connectivity index (χ2v) is 11.7. The molecule has 2 aliphatic carbocycles. The van der Waals surface area contributed by atoms with E-state index < -0.39 is 68.9 Å². The van der Waals surface area contributed by atoms with Gasteiger partial charge >= 0.3 is 18.0 Å². The Morgan fingerprint density at radius 2 is 1.85 bits per heavy atom. The molecule has 0 aromatic heterocycles. The fraction of sp³-hybridized carbons (Fsp3) is 0.636. The molecule has 4 aliphatic rings. The van der Waals surface area contributed by atoms with E-state index in [9.17, 15) is 19.2 Å². The van der Waals surface area contributed by atoms with E-state index in [0.29, 0.717) is 18.6 Å². The fourth-order valence-corrected chi connectivity index (χ4v) is 5.36. The summed E-state index contributed by atoms with van der Waals surface area (Å²) >= 11 is 16.7. The Morgan fingerprint density at radius 3 is 2.41 bits per heavy atom. The van der Waals surface area contributed by atoms with Gasteiger partial charge in [0.05, 0.1) is 12.5 Å². The molecule has 4 fully saturated rings. The van der Waals surface area contributed by atoms with Gasteiger partial charge in [-0.05, 0) is 6.42 Å². The van der Waals surface area contributed by atoms with Crippen molar-refractivity contribution in [3.05, 3.63) is 24.3 Å². The van der Waals surface area contributed by atoms with Gasteiger partial charge in [0.25, 0.3) is 9.70 Å². The van der Waals surface area contributed by atoms with E-state index in [0.717, 1.165) is 0 Å². The van der Waals surface area contributed by atoms with E-state index in [1.54, 1.807) is 13.8 Å². The lowest BCUT2D eigenvalue weighted by Gasteiger charge is -2.37. The summed E-state index contributed by atoms with van der Waals surface area (Å²) in [5, 5.41) is 1.91. The molecule has 186 valence electrons. The molecular formula is C22H24Cl3NO8. The maximum Gasteiger partial charge on any atom is 0.414 e. The molecule has 0 bridgehead atoms. The van der Waals surface area contributed by atoms with Crippen LogP contribution in [0.25, 0.3) is 0 Å². The van der Waals surface area contributed by atoms with Crippen LogP contribution in [-0.4, -0.2) is 57.7 Å². The van der Waals surface area contributed by atoms with Gasteiger partial charge in [-0.25, -0.2) is 9.59 Å². The first kappa shape index (κ1) is 25.3. The van der Waals surface area contributed by atoms with Gasteiger partial charge in [-0.2, -0.15) is 0 Å². The molecule has 0 aromatic rings. The van der Waals surface area contributed by atoms with Crippen molar-refractivity contribution in [2.75, 3.05) is 6.61 Å². The number of ether oxygens (including phenoxy) is 4. The number of imide groups is 1. The quantitative estimate of drug-likeness (QED) is 0.146. The summed E-state index contributed by atoms with van der Waals surface area (Å²) in [7, 11) is 0. The van der Waals surface area contributed by atoms with Crippen molar-refractivity contribution >= 4 is 58.7 Å². The highest BCUT2D eigenvalue weighted by molar-refractivity contribution is 6.76. The van der Waals surface area contributed by atoms with E-state index in [4.69, 9.17) is 53.8 Å². The van der Waals surface area contributed by atoms with Crippen molar-refractivity contribution in [2.45, 2.75) is 60.3 Å². The molecule has 0 radical (unpaired) electrons. The fourth-order valence-electron chi connectivity index (χ4n) is 5.22. The van der Waals surface area contributed by atoms with E-state index >= 15 is 0 Å². The number of epoxide rings is 1. The lowest BCUT2D eigenvalue weighted by molar-refractivity contribution is -0.151. The minimum absolute atomic E-state index is 0.0714. The Labute approximate surface area is 211 Å². The molecule has 2 saturated heterocycles. The molecule has 34 heavy (non-hydrogen) atoms. The number of carbonyl (C=O) groups excluding carboxylic acids is 4. The molecule has 1 spiro atoms. The largest absolute Gasteiger partial charge is 0.458 e. The number of carbonyl (C=O) groups is 4. The second-order valence-electron chi connectivity index (χ2n) is 9.46. The summed E-state index contributed by atoms with van der Waals surface area (Å²) in [5.41, 5.74) is -1.72. The molecule has 0 unspecified atom stereocenters. The van der Waals surface area contributed by atoms with E-state index in [2.05, 4.69) is 13.2 Å². The van der Waals surface area contributed by atoms with Crippen LogP contribution in [0.2, 0.25) is 0 Å². The van der Waals surface area contributed by atoms with Crippen LogP contribution in [0.5, 0.6) is 0 Å². The van der Waals surface area contributed by atoms with Crippen molar-refractivity contribution < 1.29 is 38.1 Å². The molecule has 2 saturated carbocycles. The number of rotatable bonds is 3. The van der Waals surface area contributed by atoms with Gasteiger partial charge in [-0.15, -0.1) is 0 Å². The average molecular weight is 537 g/mol. The van der Waals surface area contributed by atoms with Gasteiger partial charge in [0.15, 0.2) is 0 Å². The number of amides is 2. The number of alkyl carbamates (subject to hydrolysis) is 1. The zero-order chi connectivity index (χ0) is 25.2. The Balaban J connectivity index is 1.71. The number of nitrogens with one attached hydrogen (secondary N) is 1. The highest BCUT2D eigenvalue weighted by Gasteiger charge is 2.71. The highest BCUT2D eigenvalue weighted by Crippen LogP contribution is 2.62. The molecule has 2 aliphatic heterocycles. The highest BCUT2D eigenvalue weighted by atomic mass is 35.6. The number of hydrogen-bond donors (Lipinski definition) is 1. The maximum absolute atomic E-state index is 12.8. The molecule has 2 amide bonds. The molecule has 9 nitrogen and oxygen atoms in total. The smallest absolute Gasteiger partial charge is 0.414 e. The van der Waals surface area contributed by atoms with Crippen LogP contribution in [0.1, 0.15) is 33.1 Å². The third-order valence-electron chi connectivity index (χ3n) is 7.06. The van der Waals surface area contributed by atoms with Crippen LogP contribution in [0.15, 0.2) is 24.3 Å². The predicted molar refractivity (Wildman–Crippen MR) is 120 cm³/mol. The van der Waals surface area contributed by atoms with Crippen molar-refractivity contribution in [2.24, 2.45) is 17.8 Å². The van der Waals surface area contributed by atoms with Crippen molar-refractivity contribution in [1.82, 2.24) is 5.32 Å². The van der Waals surface area contributed by atoms with E-state index in [1.165, 1.54) is 0 Å². The van der Waals surface area contributed by atoms with Crippen LogP contribution in [0, 0.1) is 17.8 Å². The van der Waals surface area contributed by atoms with Crippen LogP contribution >= 0.6 is 34.8 Å². The molecule has 0 aromatic carbocycles. The van der Waals surface area contributed by atoms with E-state index in [1.807, 2.05) is 5.32 Å². The molecule has 6 atom stereocenters. The topological polar surface area (TPSA) is 121 Å². The van der Waals surface area contributed by atoms with Gasteiger partial charge in [-0.3, -0.25) is 14.9 Å². The first-order valence-corrected chi connectivity index (χ1v) is 11.9. The minimum Gasteiger partial charge on any atom is -0.458 e. The van der Waals surface area contributed by atoms with E-state index in [-0.39, 0.29) is 18.4 Å². The number of halogens is 3. The molecule has 12 heteroatoms. The Bertz CT molecular complexity index is 985. The van der Waals surface area contributed by atoms with Crippen LogP contribution < -0.4 is 5.32 Å². The third kappa shape index (κ3) is 4.21. The number of fused-ring (bicyclic) bond motifs is 3. The Morgan fingerprint density at radius 1 is 1.21 bits per heavy atom. The van der Waals surface area contributed by atoms with Gasteiger partial charge in [0.1, 0.15) is 23.4 Å². The first-order valence-electron chi connectivity index (χ1n) is 10.7. The van der Waals surface area contributed by atoms with Crippen LogP contribution in [-0.2, 0) is 33.3 Å². The number of alkyl halides is 3. The average Bonchev–Trinajstić information content (AvgIpc) is 3.41. The second kappa shape index (κ2) is 8.40. The first-order chi connectivity index (χ1) is 15.7. The molecule has 2 heterocycles. The zero-order valence-electron chi connectivity index (χ0n) is 18.5. The number of esters is 2. The summed E-state index contributed by atoms with van der Waals surface area (Å²) in [6.07, 6.45) is -1.79. The lowest BCUT2D eigenvalue weighted by Crippen LogP contribution is -2.50. The third-order valence-corrected chi connectivity index (χ3v) is 7.57. The molecule has 4 rings (SSSR count). The normalized spacial score (nSPS) is 36.5. The van der Waals surface area contributed by atoms with Gasteiger partial charge in [0.2, 0.25) is 0 Å². The predicted octanol–water partition coefficient (Wildman–Crippen LogP) is 3.15. The van der Waals surface area contributed by atoms with Crippen molar-refractivity contribution in [3.63, 3.8) is 0 Å².